The smallest absolute Gasteiger partial charge is 0.264 e. The van der Waals surface area contributed by atoms with Crippen LogP contribution in [0, 0.1) is 0 Å². The average Bonchev–Trinajstić information content (AvgIpc) is 3.34. The first-order valence-corrected chi connectivity index (χ1v) is 9.95. The van der Waals surface area contributed by atoms with Gasteiger partial charge in [-0.05, 0) is 43.6 Å². The Morgan fingerprint density at radius 2 is 1.88 bits per heavy atom. The van der Waals surface area contributed by atoms with Crippen LogP contribution in [-0.2, 0) is 9.59 Å². The number of piperidine rings is 1. The fourth-order valence-electron chi connectivity index (χ4n) is 3.52. The molecule has 0 aliphatic carbocycles. The van der Waals surface area contributed by atoms with E-state index in [0.29, 0.717) is 30.8 Å². The number of carbonyl (C=O) groups is 3. The Hall–Kier alpha value is -1.89. The minimum atomic E-state index is -0.426. The lowest BCUT2D eigenvalue weighted by atomic mass is 10.0. The lowest BCUT2D eigenvalue weighted by Gasteiger charge is -2.34. The van der Waals surface area contributed by atoms with E-state index >= 15 is 0 Å². The number of nitrogens with one attached hydrogen (secondary N) is 1. The highest BCUT2D eigenvalue weighted by molar-refractivity contribution is 7.12. The van der Waals surface area contributed by atoms with Crippen LogP contribution < -0.4 is 5.32 Å². The summed E-state index contributed by atoms with van der Waals surface area (Å²) in [5.41, 5.74) is 0. The van der Waals surface area contributed by atoms with Crippen molar-refractivity contribution >= 4 is 29.1 Å². The largest absolute Gasteiger partial charge is 0.354 e. The van der Waals surface area contributed by atoms with E-state index in [9.17, 15) is 14.4 Å². The minimum Gasteiger partial charge on any atom is -0.354 e. The molecule has 3 rings (SSSR count). The number of likely N-dealkylation sites (tertiary alicyclic amines) is 2. The lowest BCUT2D eigenvalue weighted by Crippen LogP contribution is -2.52. The maximum Gasteiger partial charge on any atom is 0.264 e. The van der Waals surface area contributed by atoms with Crippen LogP contribution in [0.4, 0.5) is 0 Å². The number of carbonyl (C=O) groups excluding carboxylic acids is 3. The topological polar surface area (TPSA) is 69.7 Å². The second kappa shape index (κ2) is 8.47. The van der Waals surface area contributed by atoms with Gasteiger partial charge in [-0.15, -0.1) is 11.3 Å². The van der Waals surface area contributed by atoms with E-state index in [0.717, 1.165) is 38.8 Å². The quantitative estimate of drug-likeness (QED) is 0.868. The van der Waals surface area contributed by atoms with Gasteiger partial charge in [0.2, 0.25) is 11.8 Å². The molecule has 0 saturated carbocycles. The van der Waals surface area contributed by atoms with Gasteiger partial charge in [-0.2, -0.15) is 0 Å². The second-order valence-corrected chi connectivity index (χ2v) is 7.56. The van der Waals surface area contributed by atoms with Crippen molar-refractivity contribution in [2.24, 2.45) is 0 Å². The van der Waals surface area contributed by atoms with Gasteiger partial charge >= 0.3 is 0 Å². The maximum absolute atomic E-state index is 12.6. The van der Waals surface area contributed by atoms with E-state index in [-0.39, 0.29) is 17.7 Å². The van der Waals surface area contributed by atoms with Gasteiger partial charge in [0.15, 0.2) is 0 Å². The van der Waals surface area contributed by atoms with Crippen LogP contribution >= 0.6 is 11.3 Å². The summed E-state index contributed by atoms with van der Waals surface area (Å²) in [4.78, 5) is 41.4. The number of thiophene rings is 1. The molecule has 25 heavy (non-hydrogen) atoms. The molecule has 1 atom stereocenters. The third kappa shape index (κ3) is 4.39. The molecule has 0 radical (unpaired) electrons. The standard InChI is InChI=1S/C18H25N3O3S/c22-16(20-10-3-4-11-20)8-9-19-17(23)14-6-1-2-12-21(14)18(24)15-7-5-13-25-15/h5,7,13-14H,1-4,6,8-12H2,(H,19,23). The highest BCUT2D eigenvalue weighted by atomic mass is 32.1. The summed E-state index contributed by atoms with van der Waals surface area (Å²) in [6, 6.07) is 3.22. The number of hydrogen-bond donors (Lipinski definition) is 1. The predicted octanol–water partition coefficient (Wildman–Crippen LogP) is 1.87. The molecular formula is C18H25N3O3S. The third-order valence-electron chi connectivity index (χ3n) is 4.90. The summed E-state index contributed by atoms with van der Waals surface area (Å²) >= 11 is 1.40. The number of amides is 3. The molecule has 0 aromatic carbocycles. The van der Waals surface area contributed by atoms with Crippen LogP contribution in [0.15, 0.2) is 17.5 Å². The van der Waals surface area contributed by atoms with Gasteiger partial charge in [-0.3, -0.25) is 14.4 Å². The van der Waals surface area contributed by atoms with E-state index in [1.165, 1.54) is 11.3 Å². The van der Waals surface area contributed by atoms with Gasteiger partial charge in [0.25, 0.3) is 5.91 Å². The molecule has 2 aliphatic rings. The Morgan fingerprint density at radius 1 is 1.12 bits per heavy atom. The summed E-state index contributed by atoms with van der Waals surface area (Å²) in [5, 5.41) is 4.73. The van der Waals surface area contributed by atoms with E-state index in [4.69, 9.17) is 0 Å². The Kier molecular flexibility index (Phi) is 6.07. The summed E-state index contributed by atoms with van der Waals surface area (Å²) < 4.78 is 0. The van der Waals surface area contributed by atoms with Crippen molar-refractivity contribution in [3.8, 4) is 0 Å². The van der Waals surface area contributed by atoms with E-state index in [2.05, 4.69) is 5.32 Å². The molecule has 3 amide bonds. The average molecular weight is 363 g/mol. The first-order valence-electron chi connectivity index (χ1n) is 9.07. The zero-order valence-electron chi connectivity index (χ0n) is 14.4. The zero-order valence-corrected chi connectivity index (χ0v) is 15.2. The predicted molar refractivity (Wildman–Crippen MR) is 96.4 cm³/mol. The molecule has 0 bridgehead atoms. The fourth-order valence-corrected chi connectivity index (χ4v) is 4.20. The Bertz CT molecular complexity index is 611. The van der Waals surface area contributed by atoms with Crippen LogP contribution in [-0.4, -0.2) is 59.7 Å². The maximum atomic E-state index is 12.6. The van der Waals surface area contributed by atoms with Gasteiger partial charge in [-0.25, -0.2) is 0 Å². The molecule has 2 fully saturated rings. The van der Waals surface area contributed by atoms with Crippen LogP contribution in [0.25, 0.3) is 0 Å². The van der Waals surface area contributed by atoms with Gasteiger partial charge in [0.1, 0.15) is 6.04 Å². The monoisotopic (exact) mass is 363 g/mol. The Labute approximate surface area is 152 Å². The summed E-state index contributed by atoms with van der Waals surface area (Å²) in [6.45, 7) is 2.62. The van der Waals surface area contributed by atoms with Crippen LogP contribution in [0.1, 0.15) is 48.2 Å². The normalized spacial score (nSPS) is 20.6. The number of nitrogens with zero attached hydrogens (tertiary/aromatic N) is 2. The molecule has 1 unspecified atom stereocenters. The lowest BCUT2D eigenvalue weighted by molar-refractivity contribution is -0.130. The molecule has 0 spiro atoms. The van der Waals surface area contributed by atoms with Crippen LogP contribution in [0.5, 0.6) is 0 Å². The van der Waals surface area contributed by atoms with E-state index in [1.54, 1.807) is 11.0 Å². The molecule has 1 N–H and O–H groups in total. The number of hydrogen-bond acceptors (Lipinski definition) is 4. The summed E-state index contributed by atoms with van der Waals surface area (Å²) in [5.74, 6) is -0.102. The van der Waals surface area contributed by atoms with Crippen molar-refractivity contribution in [2.75, 3.05) is 26.2 Å². The molecule has 7 heteroatoms. The van der Waals surface area contributed by atoms with Crippen LogP contribution in [0.3, 0.4) is 0 Å². The van der Waals surface area contributed by atoms with Crippen molar-refractivity contribution in [3.63, 3.8) is 0 Å². The van der Waals surface area contributed by atoms with Crippen molar-refractivity contribution in [1.29, 1.82) is 0 Å². The first-order chi connectivity index (χ1) is 12.2. The zero-order chi connectivity index (χ0) is 17.6. The van der Waals surface area contributed by atoms with Crippen LogP contribution in [0.2, 0.25) is 0 Å². The van der Waals surface area contributed by atoms with E-state index < -0.39 is 6.04 Å². The molecular weight excluding hydrogens is 338 g/mol. The minimum absolute atomic E-state index is 0.0667. The summed E-state index contributed by atoms with van der Waals surface area (Å²) in [6.07, 6.45) is 5.02. The molecule has 6 nitrogen and oxygen atoms in total. The molecule has 1 aromatic rings. The van der Waals surface area contributed by atoms with Crippen molar-refractivity contribution in [3.05, 3.63) is 22.4 Å². The molecule has 2 saturated heterocycles. The van der Waals surface area contributed by atoms with Crippen molar-refractivity contribution < 1.29 is 14.4 Å². The van der Waals surface area contributed by atoms with Crippen molar-refractivity contribution in [1.82, 2.24) is 15.1 Å². The second-order valence-electron chi connectivity index (χ2n) is 6.62. The molecule has 3 heterocycles. The fraction of sp³-hybridized carbons (Fsp3) is 0.611. The highest BCUT2D eigenvalue weighted by Gasteiger charge is 2.32. The third-order valence-corrected chi connectivity index (χ3v) is 5.75. The number of rotatable bonds is 5. The molecule has 2 aliphatic heterocycles. The SMILES string of the molecule is O=C(NCCC(=O)N1CCCC1)C1CCCCN1C(=O)c1cccs1. The molecule has 1 aromatic heterocycles. The first kappa shape index (κ1) is 17.9. The van der Waals surface area contributed by atoms with Gasteiger partial charge in [-0.1, -0.05) is 6.07 Å². The van der Waals surface area contributed by atoms with Gasteiger partial charge in [0, 0.05) is 32.6 Å². The molecule has 136 valence electrons. The van der Waals surface area contributed by atoms with E-state index in [1.807, 2.05) is 16.3 Å². The van der Waals surface area contributed by atoms with Gasteiger partial charge < -0.3 is 15.1 Å². The Balaban J connectivity index is 1.52. The van der Waals surface area contributed by atoms with Gasteiger partial charge in [0.05, 0.1) is 4.88 Å². The Morgan fingerprint density at radius 3 is 2.60 bits per heavy atom. The summed E-state index contributed by atoms with van der Waals surface area (Å²) in [7, 11) is 0. The van der Waals surface area contributed by atoms with Crippen molar-refractivity contribution in [2.45, 2.75) is 44.6 Å². The highest BCUT2D eigenvalue weighted by Crippen LogP contribution is 2.22.